The molecule has 9 heteroatoms. The van der Waals surface area contributed by atoms with Gasteiger partial charge in [-0.1, -0.05) is 12.1 Å². The Kier molecular flexibility index (Phi) is 4.17. The van der Waals surface area contributed by atoms with E-state index in [1.165, 1.54) is 0 Å². The molecule has 0 aliphatic carbocycles. The molecule has 29 heavy (non-hydrogen) atoms. The smallest absolute Gasteiger partial charge is 0.275 e. The summed E-state index contributed by atoms with van der Waals surface area (Å²) in [5.74, 6) is 1.27. The minimum atomic E-state index is -0.248. The fourth-order valence-corrected chi connectivity index (χ4v) is 3.58. The van der Waals surface area contributed by atoms with E-state index in [0.29, 0.717) is 29.0 Å². The zero-order valence-electron chi connectivity index (χ0n) is 15.3. The van der Waals surface area contributed by atoms with Crippen molar-refractivity contribution in [1.29, 1.82) is 0 Å². The van der Waals surface area contributed by atoms with Crippen molar-refractivity contribution in [3.05, 3.63) is 69.3 Å². The highest BCUT2D eigenvalue weighted by atomic mass is 79.9. The number of hydrogen-bond donors (Lipinski definition) is 2. The third kappa shape index (κ3) is 3.19. The highest BCUT2D eigenvalue weighted by Crippen LogP contribution is 2.25. The van der Waals surface area contributed by atoms with Gasteiger partial charge in [0.1, 0.15) is 28.3 Å². The first kappa shape index (κ1) is 17.6. The molecule has 0 aliphatic heterocycles. The quantitative estimate of drug-likeness (QED) is 0.436. The van der Waals surface area contributed by atoms with Gasteiger partial charge in [-0.2, -0.15) is 5.10 Å². The third-order valence-electron chi connectivity index (χ3n) is 4.68. The zero-order valence-corrected chi connectivity index (χ0v) is 16.9. The van der Waals surface area contributed by atoms with Crippen molar-refractivity contribution in [2.75, 3.05) is 7.11 Å². The van der Waals surface area contributed by atoms with Crippen LogP contribution in [0.2, 0.25) is 0 Å². The van der Waals surface area contributed by atoms with Gasteiger partial charge < -0.3 is 14.7 Å². The summed E-state index contributed by atoms with van der Waals surface area (Å²) >= 11 is 3.42. The van der Waals surface area contributed by atoms with E-state index in [1.54, 1.807) is 24.2 Å². The molecule has 1 aromatic carbocycles. The number of nitrogens with one attached hydrogen (secondary N) is 2. The minimum Gasteiger partial charge on any atom is -0.497 e. The van der Waals surface area contributed by atoms with E-state index in [2.05, 4.69) is 41.0 Å². The average molecular weight is 451 g/mol. The summed E-state index contributed by atoms with van der Waals surface area (Å²) in [5.41, 5.74) is 3.17. The molecule has 0 saturated heterocycles. The van der Waals surface area contributed by atoms with Crippen LogP contribution < -0.4 is 10.3 Å². The SMILES string of the molecule is COc1ccc(Cn2cc(-c3nc4c([nH]c5ncc(Br)cc54)c(=O)[nH]3)cn2)cc1. The number of fused-ring (bicyclic) bond motifs is 3. The van der Waals surface area contributed by atoms with E-state index in [-0.39, 0.29) is 5.56 Å². The lowest BCUT2D eigenvalue weighted by molar-refractivity contribution is 0.414. The van der Waals surface area contributed by atoms with E-state index in [4.69, 9.17) is 4.74 Å². The van der Waals surface area contributed by atoms with Crippen LogP contribution in [0.15, 0.2) is 58.2 Å². The van der Waals surface area contributed by atoms with E-state index >= 15 is 0 Å². The summed E-state index contributed by atoms with van der Waals surface area (Å²) in [6.07, 6.45) is 5.23. The Morgan fingerprint density at radius 2 is 2.00 bits per heavy atom. The number of nitrogens with zero attached hydrogens (tertiary/aromatic N) is 4. The number of benzene rings is 1. The number of rotatable bonds is 4. The first-order valence-electron chi connectivity index (χ1n) is 8.84. The van der Waals surface area contributed by atoms with Crippen LogP contribution in [0.5, 0.6) is 5.75 Å². The number of halogens is 1. The Balaban J connectivity index is 1.53. The highest BCUT2D eigenvalue weighted by molar-refractivity contribution is 9.10. The second-order valence-corrected chi connectivity index (χ2v) is 7.50. The van der Waals surface area contributed by atoms with Crippen molar-refractivity contribution in [3.63, 3.8) is 0 Å². The minimum absolute atomic E-state index is 0.248. The lowest BCUT2D eigenvalue weighted by atomic mass is 10.2. The Labute approximate surface area is 172 Å². The van der Waals surface area contributed by atoms with Crippen LogP contribution in [0.25, 0.3) is 33.5 Å². The van der Waals surface area contributed by atoms with Gasteiger partial charge in [-0.05, 0) is 39.7 Å². The van der Waals surface area contributed by atoms with Crippen molar-refractivity contribution in [2.24, 2.45) is 0 Å². The van der Waals surface area contributed by atoms with Gasteiger partial charge in [-0.15, -0.1) is 0 Å². The average Bonchev–Trinajstić information content (AvgIpc) is 3.33. The third-order valence-corrected chi connectivity index (χ3v) is 5.12. The Morgan fingerprint density at radius 3 is 2.79 bits per heavy atom. The highest BCUT2D eigenvalue weighted by Gasteiger charge is 2.14. The Hall–Kier alpha value is -3.46. The first-order chi connectivity index (χ1) is 14.1. The van der Waals surface area contributed by atoms with Crippen LogP contribution in [0.4, 0.5) is 0 Å². The maximum atomic E-state index is 12.6. The Bertz CT molecular complexity index is 1400. The molecule has 2 N–H and O–H groups in total. The lowest BCUT2D eigenvalue weighted by Crippen LogP contribution is -2.09. The van der Waals surface area contributed by atoms with Crippen molar-refractivity contribution in [1.82, 2.24) is 29.7 Å². The monoisotopic (exact) mass is 450 g/mol. The molecule has 5 aromatic rings. The van der Waals surface area contributed by atoms with Crippen LogP contribution in [-0.4, -0.2) is 36.8 Å². The lowest BCUT2D eigenvalue weighted by Gasteiger charge is -2.03. The van der Waals surface area contributed by atoms with E-state index in [0.717, 1.165) is 26.7 Å². The normalized spacial score (nSPS) is 11.4. The molecule has 8 nitrogen and oxygen atoms in total. The molecule has 5 rings (SSSR count). The van der Waals surface area contributed by atoms with Gasteiger partial charge in [0.2, 0.25) is 0 Å². The summed E-state index contributed by atoms with van der Waals surface area (Å²) in [5, 5.41) is 5.18. The van der Waals surface area contributed by atoms with Crippen molar-refractivity contribution < 1.29 is 4.74 Å². The molecule has 144 valence electrons. The van der Waals surface area contributed by atoms with Gasteiger partial charge >= 0.3 is 0 Å². The maximum absolute atomic E-state index is 12.6. The molecule has 0 fully saturated rings. The fourth-order valence-electron chi connectivity index (χ4n) is 3.25. The second-order valence-electron chi connectivity index (χ2n) is 6.59. The van der Waals surface area contributed by atoms with Crippen molar-refractivity contribution in [3.8, 4) is 17.1 Å². The van der Waals surface area contributed by atoms with Gasteiger partial charge in [0.05, 0.1) is 25.4 Å². The number of ether oxygens (including phenoxy) is 1. The molecule has 0 radical (unpaired) electrons. The van der Waals surface area contributed by atoms with Crippen LogP contribution in [0.3, 0.4) is 0 Å². The Morgan fingerprint density at radius 1 is 1.17 bits per heavy atom. The number of aromatic amines is 2. The summed E-state index contributed by atoms with van der Waals surface area (Å²) in [4.78, 5) is 27.4. The number of aromatic nitrogens is 6. The van der Waals surface area contributed by atoms with Crippen LogP contribution >= 0.6 is 15.9 Å². The molecule has 0 saturated carbocycles. The van der Waals surface area contributed by atoms with E-state index < -0.39 is 0 Å². The standard InChI is InChI=1S/C20H15BrN6O2/c1-29-14-4-2-11(3-5-14)9-27-10-12(7-23-27)18-24-16-15-6-13(21)8-22-19(15)25-17(16)20(28)26-18/h2-8,10H,9H2,1H3,(H,22,25)(H,24,26,28). The molecule has 0 bridgehead atoms. The largest absolute Gasteiger partial charge is 0.497 e. The maximum Gasteiger partial charge on any atom is 0.275 e. The summed E-state index contributed by atoms with van der Waals surface area (Å²) in [6.45, 7) is 0.598. The summed E-state index contributed by atoms with van der Waals surface area (Å²) in [6, 6.07) is 9.70. The molecule has 0 amide bonds. The van der Waals surface area contributed by atoms with E-state index in [1.807, 2.05) is 36.5 Å². The first-order valence-corrected chi connectivity index (χ1v) is 9.63. The number of methoxy groups -OCH3 is 1. The van der Waals surface area contributed by atoms with Crippen LogP contribution in [-0.2, 0) is 6.54 Å². The second kappa shape index (κ2) is 6.85. The fraction of sp³-hybridized carbons (Fsp3) is 0.100. The molecule has 0 unspecified atom stereocenters. The van der Waals surface area contributed by atoms with Crippen LogP contribution in [0, 0.1) is 0 Å². The predicted molar refractivity (Wildman–Crippen MR) is 113 cm³/mol. The zero-order chi connectivity index (χ0) is 20.0. The molecule has 0 atom stereocenters. The van der Waals surface area contributed by atoms with Gasteiger partial charge in [-0.3, -0.25) is 9.48 Å². The molecule has 4 heterocycles. The summed E-state index contributed by atoms with van der Waals surface area (Å²) in [7, 11) is 1.64. The van der Waals surface area contributed by atoms with Gasteiger partial charge in [0, 0.05) is 22.3 Å². The van der Waals surface area contributed by atoms with Gasteiger partial charge in [-0.25, -0.2) is 9.97 Å². The molecule has 0 spiro atoms. The number of hydrogen-bond acceptors (Lipinski definition) is 5. The molecule has 4 aromatic heterocycles. The van der Waals surface area contributed by atoms with Crippen molar-refractivity contribution >= 4 is 38.0 Å². The molecule has 0 aliphatic rings. The van der Waals surface area contributed by atoms with Crippen molar-refractivity contribution in [2.45, 2.75) is 6.54 Å². The number of H-pyrrole nitrogens is 2. The summed E-state index contributed by atoms with van der Waals surface area (Å²) < 4.78 is 7.81. The molecular formula is C20H15BrN6O2. The number of pyridine rings is 1. The van der Waals surface area contributed by atoms with Gasteiger partial charge in [0.25, 0.3) is 5.56 Å². The molecular weight excluding hydrogens is 436 g/mol. The topological polar surface area (TPSA) is 101 Å². The predicted octanol–water partition coefficient (Wildman–Crippen LogP) is 3.48. The van der Waals surface area contributed by atoms with Gasteiger partial charge in [0.15, 0.2) is 0 Å². The van der Waals surface area contributed by atoms with Crippen LogP contribution in [0.1, 0.15) is 5.56 Å². The van der Waals surface area contributed by atoms with E-state index in [9.17, 15) is 4.79 Å².